The second kappa shape index (κ2) is 10.8. The number of esters is 1. The van der Waals surface area contributed by atoms with Crippen LogP contribution in [0.25, 0.3) is 0 Å². The van der Waals surface area contributed by atoms with Gasteiger partial charge < -0.3 is 14.8 Å². The lowest BCUT2D eigenvalue weighted by Gasteiger charge is -2.20. The summed E-state index contributed by atoms with van der Waals surface area (Å²) in [7, 11) is 1.61. The van der Waals surface area contributed by atoms with Crippen molar-refractivity contribution < 1.29 is 19.1 Å². The van der Waals surface area contributed by atoms with Gasteiger partial charge in [-0.25, -0.2) is 0 Å². The van der Waals surface area contributed by atoms with Crippen LogP contribution in [0.1, 0.15) is 29.2 Å². The van der Waals surface area contributed by atoms with Gasteiger partial charge in [0.05, 0.1) is 13.2 Å². The van der Waals surface area contributed by atoms with E-state index in [0.717, 1.165) is 22.4 Å². The van der Waals surface area contributed by atoms with Crippen molar-refractivity contribution >= 4 is 11.9 Å². The maximum absolute atomic E-state index is 12.4. The Bertz CT molecular complexity index is 900. The van der Waals surface area contributed by atoms with Crippen LogP contribution in [0, 0.1) is 0 Å². The summed E-state index contributed by atoms with van der Waals surface area (Å²) >= 11 is 0. The number of hydrogen-bond donors (Lipinski definition) is 1. The van der Waals surface area contributed by atoms with Gasteiger partial charge in [-0.15, -0.1) is 0 Å². The summed E-state index contributed by atoms with van der Waals surface area (Å²) < 4.78 is 10.3. The Morgan fingerprint density at radius 3 is 1.93 bits per heavy atom. The van der Waals surface area contributed by atoms with Crippen LogP contribution in [0.4, 0.5) is 0 Å². The lowest BCUT2D eigenvalue weighted by molar-refractivity contribution is -0.148. The third-order valence-corrected chi connectivity index (χ3v) is 4.71. The van der Waals surface area contributed by atoms with Crippen molar-refractivity contribution in [3.63, 3.8) is 0 Å². The lowest BCUT2D eigenvalue weighted by Crippen LogP contribution is -2.33. The molecule has 0 spiro atoms. The van der Waals surface area contributed by atoms with Gasteiger partial charge >= 0.3 is 5.97 Å². The van der Waals surface area contributed by atoms with Gasteiger partial charge in [0, 0.05) is 6.42 Å². The summed E-state index contributed by atoms with van der Waals surface area (Å²) in [5.41, 5.74) is 2.93. The second-order valence-electron chi connectivity index (χ2n) is 6.83. The minimum atomic E-state index is -0.406. The number of ether oxygens (including phenoxy) is 2. The molecule has 0 heterocycles. The number of rotatable bonds is 9. The number of methoxy groups -OCH3 is 1. The number of amides is 1. The second-order valence-corrected chi connectivity index (χ2v) is 6.83. The molecule has 0 bridgehead atoms. The van der Waals surface area contributed by atoms with Crippen LogP contribution in [0.15, 0.2) is 84.9 Å². The highest BCUT2D eigenvalue weighted by Gasteiger charge is 2.17. The highest BCUT2D eigenvalue weighted by Crippen LogP contribution is 2.21. The zero-order valence-electron chi connectivity index (χ0n) is 16.9. The molecule has 1 amide bonds. The van der Waals surface area contributed by atoms with Crippen LogP contribution in [0.3, 0.4) is 0 Å². The lowest BCUT2D eigenvalue weighted by atomic mass is 9.99. The summed E-state index contributed by atoms with van der Waals surface area (Å²) in [5, 5.41) is 2.96. The standard InChI is InChI=1S/C25H25NO4/c1-29-22-15-12-19(13-16-22)14-17-24(28)30-18-23(27)26-25(20-8-4-2-5-9-20)21-10-6-3-7-11-21/h2-13,15-16,25H,14,17-18H2,1H3,(H,26,27). The molecule has 0 fully saturated rings. The van der Waals surface area contributed by atoms with E-state index in [4.69, 9.17) is 9.47 Å². The summed E-state index contributed by atoms with van der Waals surface area (Å²) in [5.74, 6) is 0.0202. The van der Waals surface area contributed by atoms with Crippen molar-refractivity contribution in [2.24, 2.45) is 0 Å². The first-order chi connectivity index (χ1) is 14.7. The number of aryl methyl sites for hydroxylation is 1. The van der Waals surface area contributed by atoms with E-state index in [9.17, 15) is 9.59 Å². The van der Waals surface area contributed by atoms with Crippen molar-refractivity contribution in [3.8, 4) is 5.75 Å². The molecule has 1 N–H and O–H groups in total. The van der Waals surface area contributed by atoms with Gasteiger partial charge in [0.15, 0.2) is 6.61 Å². The Hall–Kier alpha value is -3.60. The molecular formula is C25H25NO4. The van der Waals surface area contributed by atoms with E-state index >= 15 is 0 Å². The molecule has 0 unspecified atom stereocenters. The van der Waals surface area contributed by atoms with Crippen molar-refractivity contribution in [2.45, 2.75) is 18.9 Å². The minimum Gasteiger partial charge on any atom is -0.497 e. The summed E-state index contributed by atoms with van der Waals surface area (Å²) in [6, 6.07) is 26.6. The zero-order chi connectivity index (χ0) is 21.2. The summed E-state index contributed by atoms with van der Waals surface area (Å²) in [6.45, 7) is -0.308. The molecule has 3 aromatic rings. The SMILES string of the molecule is COc1ccc(CCC(=O)OCC(=O)NC(c2ccccc2)c2ccccc2)cc1. The van der Waals surface area contributed by atoms with E-state index in [1.165, 1.54) is 0 Å². The minimum absolute atomic E-state index is 0.209. The quantitative estimate of drug-likeness (QED) is 0.547. The van der Waals surface area contributed by atoms with Crippen LogP contribution >= 0.6 is 0 Å². The Morgan fingerprint density at radius 1 is 0.833 bits per heavy atom. The van der Waals surface area contributed by atoms with Gasteiger partial charge in [-0.1, -0.05) is 72.8 Å². The fourth-order valence-corrected chi connectivity index (χ4v) is 3.11. The third-order valence-electron chi connectivity index (χ3n) is 4.71. The maximum atomic E-state index is 12.4. The number of hydrogen-bond acceptors (Lipinski definition) is 4. The monoisotopic (exact) mass is 403 g/mol. The van der Waals surface area contributed by atoms with Gasteiger partial charge in [0.25, 0.3) is 5.91 Å². The molecule has 0 aromatic heterocycles. The molecule has 0 aliphatic carbocycles. The zero-order valence-corrected chi connectivity index (χ0v) is 16.9. The van der Waals surface area contributed by atoms with Crippen LogP contribution < -0.4 is 10.1 Å². The number of nitrogens with one attached hydrogen (secondary N) is 1. The fraction of sp³-hybridized carbons (Fsp3) is 0.200. The molecule has 0 aliphatic rings. The van der Waals surface area contributed by atoms with Crippen molar-refractivity contribution in [3.05, 3.63) is 102 Å². The van der Waals surface area contributed by atoms with E-state index in [2.05, 4.69) is 5.32 Å². The molecule has 3 rings (SSSR count). The largest absolute Gasteiger partial charge is 0.497 e. The van der Waals surface area contributed by atoms with Crippen molar-refractivity contribution in [1.29, 1.82) is 0 Å². The van der Waals surface area contributed by atoms with Gasteiger partial charge in [-0.05, 0) is 35.2 Å². The molecule has 0 aliphatic heterocycles. The van der Waals surface area contributed by atoms with Gasteiger partial charge in [-0.3, -0.25) is 9.59 Å². The molecule has 5 nitrogen and oxygen atoms in total. The Kier molecular flexibility index (Phi) is 7.61. The molecule has 5 heteroatoms. The van der Waals surface area contributed by atoms with E-state index in [1.54, 1.807) is 7.11 Å². The number of carbonyl (C=O) groups is 2. The molecule has 3 aromatic carbocycles. The van der Waals surface area contributed by atoms with Gasteiger partial charge in [0.1, 0.15) is 5.75 Å². The highest BCUT2D eigenvalue weighted by molar-refractivity contribution is 5.81. The first-order valence-electron chi connectivity index (χ1n) is 9.83. The third kappa shape index (κ3) is 6.21. The first kappa shape index (κ1) is 21.1. The molecular weight excluding hydrogens is 378 g/mol. The number of carbonyl (C=O) groups excluding carboxylic acids is 2. The van der Waals surface area contributed by atoms with E-state index in [-0.39, 0.29) is 25.0 Å². The van der Waals surface area contributed by atoms with Crippen molar-refractivity contribution in [1.82, 2.24) is 5.32 Å². The smallest absolute Gasteiger partial charge is 0.306 e. The fourth-order valence-electron chi connectivity index (χ4n) is 3.11. The van der Waals surface area contributed by atoms with E-state index in [1.807, 2.05) is 84.9 Å². The highest BCUT2D eigenvalue weighted by atomic mass is 16.5. The molecule has 0 radical (unpaired) electrons. The van der Waals surface area contributed by atoms with Crippen molar-refractivity contribution in [2.75, 3.05) is 13.7 Å². The predicted octanol–water partition coefficient (Wildman–Crippen LogP) is 4.08. The van der Waals surface area contributed by atoms with Gasteiger partial charge in [0.2, 0.25) is 0 Å². The van der Waals surface area contributed by atoms with Crippen LogP contribution in [-0.2, 0) is 20.7 Å². The molecule has 0 saturated heterocycles. The van der Waals surface area contributed by atoms with E-state index in [0.29, 0.717) is 6.42 Å². The maximum Gasteiger partial charge on any atom is 0.306 e. The Balaban J connectivity index is 1.52. The predicted molar refractivity (Wildman–Crippen MR) is 115 cm³/mol. The molecule has 30 heavy (non-hydrogen) atoms. The Morgan fingerprint density at radius 2 is 1.40 bits per heavy atom. The van der Waals surface area contributed by atoms with E-state index < -0.39 is 5.97 Å². The topological polar surface area (TPSA) is 64.6 Å². The normalized spacial score (nSPS) is 10.5. The first-order valence-corrected chi connectivity index (χ1v) is 9.83. The molecule has 0 atom stereocenters. The Labute approximate surface area is 176 Å². The van der Waals surface area contributed by atoms with Gasteiger partial charge in [-0.2, -0.15) is 0 Å². The number of benzene rings is 3. The molecule has 154 valence electrons. The average molecular weight is 403 g/mol. The average Bonchev–Trinajstić information content (AvgIpc) is 2.81. The van der Waals surface area contributed by atoms with Crippen LogP contribution in [-0.4, -0.2) is 25.6 Å². The molecule has 0 saturated carbocycles. The summed E-state index contributed by atoms with van der Waals surface area (Å²) in [4.78, 5) is 24.5. The van der Waals surface area contributed by atoms with Crippen LogP contribution in [0.2, 0.25) is 0 Å². The summed E-state index contributed by atoms with van der Waals surface area (Å²) in [6.07, 6.45) is 0.751. The van der Waals surface area contributed by atoms with Crippen LogP contribution in [0.5, 0.6) is 5.75 Å².